The quantitative estimate of drug-likeness (QED) is 0.731. The summed E-state index contributed by atoms with van der Waals surface area (Å²) < 4.78 is 1.68. The van der Waals surface area contributed by atoms with E-state index in [0.29, 0.717) is 13.0 Å². The number of carbonyl (C=O) groups is 1. The molecule has 0 saturated carbocycles. The maximum absolute atomic E-state index is 10.2. The van der Waals surface area contributed by atoms with Gasteiger partial charge in [0.2, 0.25) is 0 Å². The van der Waals surface area contributed by atoms with Crippen LogP contribution in [0.2, 0.25) is 0 Å². The number of nitrogens with zero attached hydrogens (tertiary/aromatic N) is 3. The maximum atomic E-state index is 10.2. The lowest BCUT2D eigenvalue weighted by Gasteiger charge is -1.96. The number of aryl methyl sites for hydroxylation is 2. The van der Waals surface area contributed by atoms with E-state index in [0.717, 1.165) is 17.5 Å². The topological polar surface area (TPSA) is 47.8 Å². The summed E-state index contributed by atoms with van der Waals surface area (Å²) in [4.78, 5) is 10.2. The zero-order valence-electron chi connectivity index (χ0n) is 9.13. The standard InChI is InChI=1S/C12H13N3O/c1-10-3-5-11(6-4-10)12-9-15(14-13-12)7-2-8-16/h3-6,8-9H,2,7H2,1H3. The molecule has 0 bridgehead atoms. The van der Waals surface area contributed by atoms with E-state index >= 15 is 0 Å². The lowest BCUT2D eigenvalue weighted by Crippen LogP contribution is -1.98. The number of aldehydes is 1. The van der Waals surface area contributed by atoms with E-state index in [-0.39, 0.29) is 0 Å². The van der Waals surface area contributed by atoms with E-state index < -0.39 is 0 Å². The summed E-state index contributed by atoms with van der Waals surface area (Å²) in [5, 5.41) is 8.03. The molecule has 0 saturated heterocycles. The molecule has 0 aliphatic carbocycles. The number of aromatic nitrogens is 3. The summed E-state index contributed by atoms with van der Waals surface area (Å²) in [5.74, 6) is 0. The van der Waals surface area contributed by atoms with Crippen LogP contribution in [0.3, 0.4) is 0 Å². The van der Waals surface area contributed by atoms with Crippen molar-refractivity contribution >= 4 is 6.29 Å². The van der Waals surface area contributed by atoms with Gasteiger partial charge in [0.05, 0.1) is 6.20 Å². The van der Waals surface area contributed by atoms with Gasteiger partial charge in [-0.25, -0.2) is 0 Å². The molecule has 16 heavy (non-hydrogen) atoms. The van der Waals surface area contributed by atoms with Crippen LogP contribution in [0.25, 0.3) is 11.3 Å². The van der Waals surface area contributed by atoms with Gasteiger partial charge in [-0.3, -0.25) is 4.68 Å². The van der Waals surface area contributed by atoms with Crippen LogP contribution < -0.4 is 0 Å². The molecule has 0 amide bonds. The first kappa shape index (κ1) is 10.5. The van der Waals surface area contributed by atoms with Gasteiger partial charge in [-0.05, 0) is 6.92 Å². The van der Waals surface area contributed by atoms with Gasteiger partial charge in [-0.15, -0.1) is 5.10 Å². The molecule has 1 aromatic heterocycles. The Morgan fingerprint density at radius 1 is 1.31 bits per heavy atom. The fourth-order valence-electron chi connectivity index (χ4n) is 1.45. The third-order valence-electron chi connectivity index (χ3n) is 2.36. The van der Waals surface area contributed by atoms with Crippen molar-refractivity contribution < 1.29 is 4.79 Å². The summed E-state index contributed by atoms with van der Waals surface area (Å²) in [7, 11) is 0. The van der Waals surface area contributed by atoms with Crippen LogP contribution in [0.1, 0.15) is 12.0 Å². The average molecular weight is 215 g/mol. The number of benzene rings is 1. The Morgan fingerprint density at radius 3 is 2.75 bits per heavy atom. The Balaban J connectivity index is 2.17. The van der Waals surface area contributed by atoms with Crippen LogP contribution in [0, 0.1) is 6.92 Å². The molecule has 1 heterocycles. The minimum absolute atomic E-state index is 0.469. The SMILES string of the molecule is Cc1ccc(-c2cn(CCC=O)nn2)cc1. The first-order valence-electron chi connectivity index (χ1n) is 5.20. The third-order valence-corrected chi connectivity index (χ3v) is 2.36. The highest BCUT2D eigenvalue weighted by atomic mass is 16.1. The van der Waals surface area contributed by atoms with Crippen molar-refractivity contribution in [3.8, 4) is 11.3 Å². The molecular weight excluding hydrogens is 202 g/mol. The first-order valence-corrected chi connectivity index (χ1v) is 5.20. The molecule has 1 aromatic carbocycles. The zero-order valence-corrected chi connectivity index (χ0v) is 9.13. The van der Waals surface area contributed by atoms with Gasteiger partial charge in [0.15, 0.2) is 0 Å². The monoisotopic (exact) mass is 215 g/mol. The minimum Gasteiger partial charge on any atom is -0.303 e. The molecule has 2 aromatic rings. The van der Waals surface area contributed by atoms with Gasteiger partial charge in [-0.2, -0.15) is 0 Å². The molecule has 0 atom stereocenters. The summed E-state index contributed by atoms with van der Waals surface area (Å²) in [6, 6.07) is 8.12. The van der Waals surface area contributed by atoms with Crippen molar-refractivity contribution in [1.82, 2.24) is 15.0 Å². The Labute approximate surface area is 93.9 Å². The fraction of sp³-hybridized carbons (Fsp3) is 0.250. The highest BCUT2D eigenvalue weighted by Gasteiger charge is 2.02. The molecule has 2 rings (SSSR count). The number of hydrogen-bond donors (Lipinski definition) is 0. The zero-order chi connectivity index (χ0) is 11.4. The molecule has 0 fully saturated rings. The highest BCUT2D eigenvalue weighted by molar-refractivity contribution is 5.57. The molecule has 0 N–H and O–H groups in total. The van der Waals surface area contributed by atoms with E-state index in [1.165, 1.54) is 5.56 Å². The second-order valence-corrected chi connectivity index (χ2v) is 3.69. The second-order valence-electron chi connectivity index (χ2n) is 3.69. The molecule has 4 heteroatoms. The lowest BCUT2D eigenvalue weighted by molar-refractivity contribution is -0.108. The first-order chi connectivity index (χ1) is 7.79. The lowest BCUT2D eigenvalue weighted by atomic mass is 10.1. The van der Waals surface area contributed by atoms with E-state index in [2.05, 4.69) is 10.3 Å². The van der Waals surface area contributed by atoms with Gasteiger partial charge >= 0.3 is 0 Å². The summed E-state index contributed by atoms with van der Waals surface area (Å²) in [6.45, 7) is 2.63. The van der Waals surface area contributed by atoms with Gasteiger partial charge < -0.3 is 4.79 Å². The predicted molar refractivity (Wildman–Crippen MR) is 60.9 cm³/mol. The van der Waals surface area contributed by atoms with E-state index in [9.17, 15) is 4.79 Å². The molecule has 0 radical (unpaired) electrons. The Kier molecular flexibility index (Phi) is 3.10. The predicted octanol–water partition coefficient (Wildman–Crippen LogP) is 1.84. The summed E-state index contributed by atoms with van der Waals surface area (Å²) in [5.41, 5.74) is 3.10. The van der Waals surface area contributed by atoms with Gasteiger partial charge in [0, 0.05) is 18.5 Å². The van der Waals surface area contributed by atoms with Crippen LogP contribution in [0.5, 0.6) is 0 Å². The van der Waals surface area contributed by atoms with Crippen LogP contribution in [0.4, 0.5) is 0 Å². The maximum Gasteiger partial charge on any atom is 0.121 e. The van der Waals surface area contributed by atoms with E-state index in [4.69, 9.17) is 0 Å². The second kappa shape index (κ2) is 4.70. The molecule has 0 aliphatic heterocycles. The number of carbonyl (C=O) groups excluding carboxylic acids is 1. The molecule has 4 nitrogen and oxygen atoms in total. The minimum atomic E-state index is 0.469. The smallest absolute Gasteiger partial charge is 0.121 e. The highest BCUT2D eigenvalue weighted by Crippen LogP contribution is 2.16. The Hall–Kier alpha value is -1.97. The molecule has 0 aliphatic rings. The van der Waals surface area contributed by atoms with Gasteiger partial charge in [0.1, 0.15) is 12.0 Å². The van der Waals surface area contributed by atoms with Gasteiger partial charge in [0.25, 0.3) is 0 Å². The largest absolute Gasteiger partial charge is 0.303 e. The summed E-state index contributed by atoms with van der Waals surface area (Å²) >= 11 is 0. The van der Waals surface area contributed by atoms with Crippen LogP contribution >= 0.6 is 0 Å². The van der Waals surface area contributed by atoms with Crippen LogP contribution in [-0.4, -0.2) is 21.3 Å². The fourth-order valence-corrected chi connectivity index (χ4v) is 1.45. The molecular formula is C12H13N3O. The van der Waals surface area contributed by atoms with Gasteiger partial charge in [-0.1, -0.05) is 35.0 Å². The molecule has 0 unspecified atom stereocenters. The van der Waals surface area contributed by atoms with E-state index in [1.807, 2.05) is 37.4 Å². The van der Waals surface area contributed by atoms with Crippen molar-refractivity contribution in [2.75, 3.05) is 0 Å². The van der Waals surface area contributed by atoms with Crippen molar-refractivity contribution in [3.63, 3.8) is 0 Å². The number of hydrogen-bond acceptors (Lipinski definition) is 3. The number of rotatable bonds is 4. The van der Waals surface area contributed by atoms with Crippen molar-refractivity contribution in [1.29, 1.82) is 0 Å². The molecule has 0 spiro atoms. The normalized spacial score (nSPS) is 10.3. The van der Waals surface area contributed by atoms with E-state index in [1.54, 1.807) is 4.68 Å². The third kappa shape index (κ3) is 2.34. The van der Waals surface area contributed by atoms with Crippen LogP contribution in [0.15, 0.2) is 30.5 Å². The Morgan fingerprint density at radius 2 is 2.06 bits per heavy atom. The van der Waals surface area contributed by atoms with Crippen molar-refractivity contribution in [2.45, 2.75) is 19.9 Å². The summed E-state index contributed by atoms with van der Waals surface area (Å²) in [6.07, 6.45) is 3.21. The Bertz CT molecular complexity index is 473. The van der Waals surface area contributed by atoms with Crippen LogP contribution in [-0.2, 0) is 11.3 Å². The van der Waals surface area contributed by atoms with Crippen molar-refractivity contribution in [2.24, 2.45) is 0 Å². The van der Waals surface area contributed by atoms with Crippen molar-refractivity contribution in [3.05, 3.63) is 36.0 Å². The molecule has 82 valence electrons. The average Bonchev–Trinajstić information content (AvgIpc) is 2.76.